The fraction of sp³-hybridized carbons (Fsp3) is 0.545. The number of sulfonamides is 1. The summed E-state index contributed by atoms with van der Waals surface area (Å²) < 4.78 is 25.2. The molecule has 1 aliphatic rings. The van der Waals surface area contributed by atoms with Crippen molar-refractivity contribution in [1.82, 2.24) is 19.9 Å². The molecular formula is C11H17ClN4O2S. The van der Waals surface area contributed by atoms with Crippen LogP contribution in [-0.4, -0.2) is 43.9 Å². The molecule has 1 aromatic heterocycles. The quantitative estimate of drug-likeness (QED) is 0.786. The highest BCUT2D eigenvalue weighted by atomic mass is 35.5. The Bertz CT molecular complexity index is 520. The van der Waals surface area contributed by atoms with Crippen molar-refractivity contribution < 1.29 is 8.42 Å². The topological polar surface area (TPSA) is 74.3 Å². The molecule has 6 nitrogen and oxygen atoms in total. The van der Waals surface area contributed by atoms with E-state index >= 15 is 0 Å². The maximum Gasteiger partial charge on any atom is 0.211 e. The van der Waals surface area contributed by atoms with Gasteiger partial charge in [-0.2, -0.15) is 4.72 Å². The molecule has 1 saturated heterocycles. The number of rotatable bonds is 4. The van der Waals surface area contributed by atoms with Gasteiger partial charge in [0, 0.05) is 19.3 Å². The van der Waals surface area contributed by atoms with Gasteiger partial charge in [0.1, 0.15) is 11.4 Å². The number of aromatic nitrogens is 1. The summed E-state index contributed by atoms with van der Waals surface area (Å²) in [6.45, 7) is 2.23. The van der Waals surface area contributed by atoms with Gasteiger partial charge in [-0.3, -0.25) is 10.2 Å². The molecule has 2 N–H and O–H groups in total. The second-order valence-electron chi connectivity index (χ2n) is 4.56. The van der Waals surface area contributed by atoms with Crippen LogP contribution in [0.15, 0.2) is 18.3 Å². The van der Waals surface area contributed by atoms with Crippen LogP contribution in [0.4, 0.5) is 0 Å². The Hall–Kier alpha value is -0.730. The van der Waals surface area contributed by atoms with Gasteiger partial charge in [-0.05, 0) is 24.6 Å². The van der Waals surface area contributed by atoms with E-state index in [0.717, 1.165) is 31.3 Å². The summed E-state index contributed by atoms with van der Waals surface area (Å²) in [7, 11) is -3.25. The molecule has 1 atom stereocenters. The van der Waals surface area contributed by atoms with Gasteiger partial charge in [-0.1, -0.05) is 17.7 Å². The Balaban J connectivity index is 2.05. The van der Waals surface area contributed by atoms with Crippen molar-refractivity contribution in [3.63, 3.8) is 0 Å². The molecule has 0 aromatic carbocycles. The zero-order valence-electron chi connectivity index (χ0n) is 10.6. The van der Waals surface area contributed by atoms with Crippen LogP contribution in [0, 0.1) is 0 Å². The highest BCUT2D eigenvalue weighted by molar-refractivity contribution is 7.88. The number of halogens is 1. The summed E-state index contributed by atoms with van der Waals surface area (Å²) in [5.74, 6) is 0. The zero-order valence-corrected chi connectivity index (χ0v) is 12.2. The number of nitrogens with one attached hydrogen (secondary N) is 2. The number of nitrogens with zero attached hydrogens (tertiary/aromatic N) is 2. The van der Waals surface area contributed by atoms with Crippen molar-refractivity contribution >= 4 is 21.6 Å². The van der Waals surface area contributed by atoms with E-state index in [2.05, 4.69) is 15.0 Å². The predicted molar refractivity (Wildman–Crippen MR) is 74.0 cm³/mol. The third-order valence-corrected chi connectivity index (χ3v) is 3.70. The van der Waals surface area contributed by atoms with E-state index in [1.54, 1.807) is 12.3 Å². The SMILES string of the molecule is CS(=O)(=O)NC1NCCCN1Cc1ccc(Cl)nc1. The zero-order chi connectivity index (χ0) is 13.9. The van der Waals surface area contributed by atoms with Gasteiger partial charge in [0.05, 0.1) is 6.26 Å². The summed E-state index contributed by atoms with van der Waals surface area (Å²) in [4.78, 5) is 6.05. The van der Waals surface area contributed by atoms with Crippen LogP contribution in [0.3, 0.4) is 0 Å². The van der Waals surface area contributed by atoms with Crippen LogP contribution in [0.25, 0.3) is 0 Å². The van der Waals surface area contributed by atoms with Crippen LogP contribution in [-0.2, 0) is 16.6 Å². The van der Waals surface area contributed by atoms with Crippen molar-refractivity contribution in [1.29, 1.82) is 0 Å². The average molecular weight is 305 g/mol. The third-order valence-electron chi connectivity index (χ3n) is 2.82. The van der Waals surface area contributed by atoms with Crippen LogP contribution in [0.5, 0.6) is 0 Å². The first-order valence-corrected chi connectivity index (χ1v) is 8.26. The van der Waals surface area contributed by atoms with E-state index in [0.29, 0.717) is 11.7 Å². The van der Waals surface area contributed by atoms with Gasteiger partial charge in [-0.15, -0.1) is 0 Å². The minimum Gasteiger partial charge on any atom is -0.289 e. The standard InChI is InChI=1S/C11H17ClN4O2S/c1-19(17,18)15-11-13-5-2-6-16(11)8-9-3-4-10(12)14-7-9/h3-4,7,11,13,15H,2,5-6,8H2,1H3. The fourth-order valence-corrected chi connectivity index (χ4v) is 2.75. The molecule has 0 amide bonds. The first-order chi connectivity index (χ1) is 8.94. The second-order valence-corrected chi connectivity index (χ2v) is 6.73. The highest BCUT2D eigenvalue weighted by Crippen LogP contribution is 2.11. The lowest BCUT2D eigenvalue weighted by Gasteiger charge is -2.36. The van der Waals surface area contributed by atoms with Gasteiger partial charge in [0.2, 0.25) is 10.0 Å². The summed E-state index contributed by atoms with van der Waals surface area (Å²) in [5, 5.41) is 3.60. The summed E-state index contributed by atoms with van der Waals surface area (Å²) in [6.07, 6.45) is 3.46. The summed E-state index contributed by atoms with van der Waals surface area (Å²) >= 11 is 5.74. The molecule has 1 unspecified atom stereocenters. The number of hydrogen-bond acceptors (Lipinski definition) is 5. The summed E-state index contributed by atoms with van der Waals surface area (Å²) in [5.41, 5.74) is 0.994. The first kappa shape index (κ1) is 14.7. The Morgan fingerprint density at radius 2 is 2.37 bits per heavy atom. The Morgan fingerprint density at radius 1 is 1.58 bits per heavy atom. The molecule has 2 rings (SSSR count). The van der Waals surface area contributed by atoms with Crippen molar-refractivity contribution in [3.05, 3.63) is 29.0 Å². The van der Waals surface area contributed by atoms with E-state index in [1.165, 1.54) is 0 Å². The maximum absolute atomic E-state index is 11.3. The molecule has 0 aliphatic carbocycles. The smallest absolute Gasteiger partial charge is 0.211 e. The molecule has 0 spiro atoms. The van der Waals surface area contributed by atoms with Gasteiger partial charge in [0.25, 0.3) is 0 Å². The number of pyridine rings is 1. The van der Waals surface area contributed by atoms with Crippen LogP contribution >= 0.6 is 11.6 Å². The Kier molecular flexibility index (Phi) is 4.75. The first-order valence-electron chi connectivity index (χ1n) is 5.99. The van der Waals surface area contributed by atoms with Gasteiger partial charge < -0.3 is 0 Å². The monoisotopic (exact) mass is 304 g/mol. The van der Waals surface area contributed by atoms with Crippen molar-refractivity contribution in [3.8, 4) is 0 Å². The summed E-state index contributed by atoms with van der Waals surface area (Å²) in [6, 6.07) is 3.62. The third kappa shape index (κ3) is 4.70. The Labute approximate surface area is 118 Å². The lowest BCUT2D eigenvalue weighted by molar-refractivity contribution is 0.114. The van der Waals surface area contributed by atoms with Crippen molar-refractivity contribution in [2.24, 2.45) is 0 Å². The Morgan fingerprint density at radius 3 is 3.00 bits per heavy atom. The van der Waals surface area contributed by atoms with Crippen LogP contribution in [0.1, 0.15) is 12.0 Å². The van der Waals surface area contributed by atoms with E-state index in [-0.39, 0.29) is 6.29 Å². The molecule has 0 radical (unpaired) electrons. The second kappa shape index (κ2) is 6.15. The lowest BCUT2D eigenvalue weighted by atomic mass is 10.2. The molecule has 0 saturated carbocycles. The van der Waals surface area contributed by atoms with Crippen LogP contribution < -0.4 is 10.0 Å². The maximum atomic E-state index is 11.3. The minimum absolute atomic E-state index is 0.376. The predicted octanol–water partition coefficient (Wildman–Crippen LogP) is 0.363. The molecule has 2 heterocycles. The average Bonchev–Trinajstić information content (AvgIpc) is 2.33. The van der Waals surface area contributed by atoms with Crippen molar-refractivity contribution in [2.45, 2.75) is 19.3 Å². The van der Waals surface area contributed by atoms with E-state index < -0.39 is 10.0 Å². The molecule has 1 aliphatic heterocycles. The molecule has 1 aromatic rings. The molecule has 1 fully saturated rings. The minimum atomic E-state index is -3.25. The number of hydrogen-bond donors (Lipinski definition) is 2. The molecule has 106 valence electrons. The largest absolute Gasteiger partial charge is 0.289 e. The normalized spacial score (nSPS) is 21.5. The van der Waals surface area contributed by atoms with Crippen LogP contribution in [0.2, 0.25) is 5.15 Å². The van der Waals surface area contributed by atoms with E-state index in [1.807, 2.05) is 11.0 Å². The molecule has 19 heavy (non-hydrogen) atoms. The van der Waals surface area contributed by atoms with Gasteiger partial charge in [-0.25, -0.2) is 13.4 Å². The van der Waals surface area contributed by atoms with E-state index in [4.69, 9.17) is 11.6 Å². The van der Waals surface area contributed by atoms with Gasteiger partial charge in [0.15, 0.2) is 0 Å². The fourth-order valence-electron chi connectivity index (χ4n) is 2.00. The lowest BCUT2D eigenvalue weighted by Crippen LogP contribution is -2.59. The van der Waals surface area contributed by atoms with Crippen molar-refractivity contribution in [2.75, 3.05) is 19.3 Å². The van der Waals surface area contributed by atoms with E-state index in [9.17, 15) is 8.42 Å². The molecular weight excluding hydrogens is 288 g/mol. The molecule has 8 heteroatoms. The molecule has 0 bridgehead atoms. The highest BCUT2D eigenvalue weighted by Gasteiger charge is 2.24. The van der Waals surface area contributed by atoms with Gasteiger partial charge >= 0.3 is 0 Å².